The van der Waals surface area contributed by atoms with Crippen LogP contribution < -0.4 is 15.2 Å². The first-order valence-electron chi connectivity index (χ1n) is 5.28. The Labute approximate surface area is 113 Å². The summed E-state index contributed by atoms with van der Waals surface area (Å²) in [4.78, 5) is 4.01. The number of nitrogens with two attached hydrogens (primary N) is 1. The summed E-state index contributed by atoms with van der Waals surface area (Å²) < 4.78 is 15.1. The lowest BCUT2D eigenvalue weighted by molar-refractivity contribution is 0.352. The monoisotopic (exact) mass is 285 g/mol. The number of benzene rings is 1. The van der Waals surface area contributed by atoms with Gasteiger partial charge >= 0.3 is 0 Å². The van der Waals surface area contributed by atoms with Crippen LogP contribution in [0.4, 0.5) is 0 Å². The van der Waals surface area contributed by atoms with Gasteiger partial charge in [-0.1, -0.05) is 16.8 Å². The highest BCUT2D eigenvalue weighted by molar-refractivity contribution is 6.34. The third-order valence-corrected chi connectivity index (χ3v) is 2.82. The van der Waals surface area contributed by atoms with Crippen LogP contribution in [-0.4, -0.2) is 29.5 Å². The maximum atomic E-state index is 10.0. The van der Waals surface area contributed by atoms with Gasteiger partial charge in [0.25, 0.3) is 0 Å². The van der Waals surface area contributed by atoms with Crippen LogP contribution in [0.15, 0.2) is 10.6 Å². The number of aromatic nitrogens is 2. The van der Waals surface area contributed by atoms with Gasteiger partial charge in [0.15, 0.2) is 11.5 Å². The summed E-state index contributed by atoms with van der Waals surface area (Å²) >= 11 is 6.01. The van der Waals surface area contributed by atoms with Gasteiger partial charge in [-0.15, -0.1) is 0 Å². The van der Waals surface area contributed by atoms with Crippen LogP contribution in [0.25, 0.3) is 11.4 Å². The van der Waals surface area contributed by atoms with Crippen molar-refractivity contribution in [3.63, 3.8) is 0 Å². The third-order valence-electron chi connectivity index (χ3n) is 2.47. The van der Waals surface area contributed by atoms with Gasteiger partial charge in [0.05, 0.1) is 26.3 Å². The number of methoxy groups -OCH3 is 2. The molecule has 1 heterocycles. The molecule has 8 heteroatoms. The number of nitrogens with zero attached hydrogens (tertiary/aromatic N) is 2. The van der Waals surface area contributed by atoms with Gasteiger partial charge in [-0.2, -0.15) is 4.98 Å². The standard InChI is InChI=1S/C11H12ClN3O4/c1-17-6-3-5(9(16)8(12)10(6)18-2)11-14-7(4-13)19-15-11/h3,16H,4,13H2,1-2H3. The van der Waals surface area contributed by atoms with E-state index >= 15 is 0 Å². The highest BCUT2D eigenvalue weighted by Crippen LogP contribution is 2.46. The summed E-state index contributed by atoms with van der Waals surface area (Å²) in [5, 5.41) is 13.8. The Bertz CT molecular complexity index is 600. The summed E-state index contributed by atoms with van der Waals surface area (Å²) in [5.74, 6) is 0.775. The van der Waals surface area contributed by atoms with Crippen molar-refractivity contribution in [3.8, 4) is 28.6 Å². The highest BCUT2D eigenvalue weighted by atomic mass is 35.5. The van der Waals surface area contributed by atoms with Crippen LogP contribution in [0.2, 0.25) is 5.02 Å². The van der Waals surface area contributed by atoms with Crippen molar-refractivity contribution in [1.29, 1.82) is 0 Å². The molecule has 0 spiro atoms. The molecule has 102 valence electrons. The van der Waals surface area contributed by atoms with E-state index in [-0.39, 0.29) is 40.3 Å². The molecule has 0 saturated carbocycles. The molecule has 1 aromatic carbocycles. The van der Waals surface area contributed by atoms with Crippen molar-refractivity contribution in [1.82, 2.24) is 10.1 Å². The lowest BCUT2D eigenvalue weighted by Gasteiger charge is -2.12. The van der Waals surface area contributed by atoms with Gasteiger partial charge in [0.2, 0.25) is 11.7 Å². The highest BCUT2D eigenvalue weighted by Gasteiger charge is 2.21. The number of hydrogen-bond acceptors (Lipinski definition) is 7. The number of halogens is 1. The first kappa shape index (κ1) is 13.4. The number of ether oxygens (including phenoxy) is 2. The fraction of sp³-hybridized carbons (Fsp3) is 0.273. The Hall–Kier alpha value is -1.99. The lowest BCUT2D eigenvalue weighted by Crippen LogP contribution is -1.96. The van der Waals surface area contributed by atoms with Crippen LogP contribution in [0, 0.1) is 0 Å². The van der Waals surface area contributed by atoms with Crippen LogP contribution in [0.1, 0.15) is 5.89 Å². The molecule has 0 radical (unpaired) electrons. The molecule has 0 saturated heterocycles. The minimum absolute atomic E-state index is 0.0101. The first-order chi connectivity index (χ1) is 9.12. The Morgan fingerprint density at radius 3 is 2.68 bits per heavy atom. The zero-order chi connectivity index (χ0) is 14.0. The van der Waals surface area contributed by atoms with E-state index in [0.717, 1.165) is 0 Å². The minimum atomic E-state index is -0.219. The molecule has 0 fully saturated rings. The average Bonchev–Trinajstić information content (AvgIpc) is 2.90. The number of rotatable bonds is 4. The Morgan fingerprint density at radius 2 is 2.16 bits per heavy atom. The molecule has 1 aromatic heterocycles. The van der Waals surface area contributed by atoms with Crippen molar-refractivity contribution >= 4 is 11.6 Å². The van der Waals surface area contributed by atoms with Gasteiger partial charge in [-0.25, -0.2) is 0 Å². The molecule has 2 rings (SSSR count). The van der Waals surface area contributed by atoms with Gasteiger partial charge in [-0.3, -0.25) is 0 Å². The largest absolute Gasteiger partial charge is 0.505 e. The molecule has 2 aromatic rings. The zero-order valence-corrected chi connectivity index (χ0v) is 11.1. The van der Waals surface area contributed by atoms with E-state index < -0.39 is 0 Å². The fourth-order valence-corrected chi connectivity index (χ4v) is 1.83. The van der Waals surface area contributed by atoms with Gasteiger partial charge in [-0.05, 0) is 6.07 Å². The smallest absolute Gasteiger partial charge is 0.240 e. The summed E-state index contributed by atoms with van der Waals surface area (Å²) in [6, 6.07) is 1.51. The molecule has 0 unspecified atom stereocenters. The second kappa shape index (κ2) is 5.33. The van der Waals surface area contributed by atoms with Crippen molar-refractivity contribution in [2.75, 3.05) is 14.2 Å². The number of phenols is 1. The Morgan fingerprint density at radius 1 is 1.42 bits per heavy atom. The summed E-state index contributed by atoms with van der Waals surface area (Å²) in [6.45, 7) is 0.106. The molecule has 0 aliphatic heterocycles. The van der Waals surface area contributed by atoms with E-state index in [1.807, 2.05) is 0 Å². The Kier molecular flexibility index (Phi) is 3.77. The van der Waals surface area contributed by atoms with Crippen LogP contribution >= 0.6 is 11.6 Å². The predicted octanol–water partition coefficient (Wildman–Crippen LogP) is 1.57. The fourth-order valence-electron chi connectivity index (χ4n) is 1.56. The van der Waals surface area contributed by atoms with Crippen LogP contribution in [0.5, 0.6) is 17.2 Å². The summed E-state index contributed by atoms with van der Waals surface area (Å²) in [7, 11) is 2.88. The summed E-state index contributed by atoms with van der Waals surface area (Å²) in [5.41, 5.74) is 5.65. The quantitative estimate of drug-likeness (QED) is 0.878. The number of phenolic OH excluding ortho intramolecular Hbond substituents is 1. The molecule has 0 aliphatic carbocycles. The van der Waals surface area contributed by atoms with E-state index in [1.165, 1.54) is 20.3 Å². The van der Waals surface area contributed by atoms with E-state index in [4.69, 9.17) is 31.3 Å². The van der Waals surface area contributed by atoms with Gasteiger partial charge in [0.1, 0.15) is 10.8 Å². The van der Waals surface area contributed by atoms with Crippen molar-refractivity contribution in [3.05, 3.63) is 17.0 Å². The molecule has 3 N–H and O–H groups in total. The van der Waals surface area contributed by atoms with E-state index in [2.05, 4.69) is 10.1 Å². The number of aromatic hydroxyl groups is 1. The second-order valence-electron chi connectivity index (χ2n) is 3.54. The molecular formula is C11H12ClN3O4. The molecular weight excluding hydrogens is 274 g/mol. The van der Waals surface area contributed by atoms with Crippen molar-refractivity contribution < 1.29 is 19.1 Å². The molecule has 0 aliphatic rings. The second-order valence-corrected chi connectivity index (χ2v) is 3.92. The van der Waals surface area contributed by atoms with Gasteiger partial charge < -0.3 is 24.8 Å². The molecule has 0 atom stereocenters. The SMILES string of the molecule is COc1cc(-c2noc(CN)n2)c(O)c(Cl)c1OC. The van der Waals surface area contributed by atoms with Gasteiger partial charge in [0, 0.05) is 0 Å². The normalized spacial score (nSPS) is 10.5. The minimum Gasteiger partial charge on any atom is -0.505 e. The van der Waals surface area contributed by atoms with Crippen LogP contribution in [0.3, 0.4) is 0 Å². The molecule has 7 nitrogen and oxygen atoms in total. The van der Waals surface area contributed by atoms with E-state index in [9.17, 15) is 5.11 Å². The summed E-state index contributed by atoms with van der Waals surface area (Å²) in [6.07, 6.45) is 0. The van der Waals surface area contributed by atoms with Crippen LogP contribution in [-0.2, 0) is 6.54 Å². The maximum Gasteiger partial charge on any atom is 0.240 e. The lowest BCUT2D eigenvalue weighted by atomic mass is 10.1. The number of hydrogen-bond donors (Lipinski definition) is 2. The topological polar surface area (TPSA) is 104 Å². The average molecular weight is 286 g/mol. The van der Waals surface area contributed by atoms with E-state index in [1.54, 1.807) is 0 Å². The van der Waals surface area contributed by atoms with Crippen molar-refractivity contribution in [2.45, 2.75) is 6.54 Å². The molecule has 0 amide bonds. The van der Waals surface area contributed by atoms with E-state index in [0.29, 0.717) is 5.75 Å². The maximum absolute atomic E-state index is 10.0. The van der Waals surface area contributed by atoms with Crippen molar-refractivity contribution in [2.24, 2.45) is 5.73 Å². The molecule has 19 heavy (non-hydrogen) atoms. The third kappa shape index (κ3) is 2.29. The predicted molar refractivity (Wildman–Crippen MR) is 67.4 cm³/mol. The zero-order valence-electron chi connectivity index (χ0n) is 10.3. The Balaban J connectivity index is 2.60. The first-order valence-corrected chi connectivity index (χ1v) is 5.66. The molecule has 0 bridgehead atoms.